The highest BCUT2D eigenvalue weighted by atomic mass is 16.5. The van der Waals surface area contributed by atoms with Crippen LogP contribution in [0.1, 0.15) is 63.6 Å². The second-order valence-electron chi connectivity index (χ2n) is 7.37. The fourth-order valence-electron chi connectivity index (χ4n) is 3.72. The van der Waals surface area contributed by atoms with Gasteiger partial charge in [0.2, 0.25) is 0 Å². The smallest absolute Gasteiger partial charge is 0.274 e. The summed E-state index contributed by atoms with van der Waals surface area (Å²) in [5.74, 6) is -0.448. The van der Waals surface area contributed by atoms with Crippen molar-refractivity contribution in [2.24, 2.45) is 0 Å². The fraction of sp³-hybridized carbons (Fsp3) is 0.391. The molecule has 3 rings (SSSR count). The van der Waals surface area contributed by atoms with Gasteiger partial charge in [-0.3, -0.25) is 14.8 Å². The first-order chi connectivity index (χ1) is 13.6. The lowest BCUT2D eigenvalue weighted by Gasteiger charge is -2.26. The van der Waals surface area contributed by atoms with Gasteiger partial charge in [0.25, 0.3) is 11.8 Å². The number of carbonyl (C=O) groups excluding carboxylic acids is 2. The Hall–Kier alpha value is -2.66. The average molecular weight is 380 g/mol. The number of nitrogens with one attached hydrogen (secondary N) is 1. The van der Waals surface area contributed by atoms with E-state index in [0.717, 1.165) is 49.8 Å². The first-order valence-corrected chi connectivity index (χ1v) is 10.1. The maximum absolute atomic E-state index is 13.0. The third-order valence-electron chi connectivity index (χ3n) is 5.40. The summed E-state index contributed by atoms with van der Waals surface area (Å²) >= 11 is 0. The number of hydrogen-bond acceptors (Lipinski definition) is 3. The van der Waals surface area contributed by atoms with E-state index in [1.165, 1.54) is 11.1 Å². The molecule has 5 nitrogen and oxygen atoms in total. The lowest BCUT2D eigenvalue weighted by atomic mass is 9.95. The van der Waals surface area contributed by atoms with Crippen LogP contribution in [0.25, 0.3) is 0 Å². The second-order valence-corrected chi connectivity index (χ2v) is 7.37. The molecule has 148 valence electrons. The van der Waals surface area contributed by atoms with Crippen LogP contribution >= 0.6 is 0 Å². The molecular formula is C23H28N2O3. The molecule has 2 aromatic carbocycles. The number of nitrogens with zero attached hydrogens (tertiary/aromatic N) is 1. The van der Waals surface area contributed by atoms with Gasteiger partial charge >= 0.3 is 0 Å². The summed E-state index contributed by atoms with van der Waals surface area (Å²) in [6.07, 6.45) is 5.83. The van der Waals surface area contributed by atoms with Crippen molar-refractivity contribution >= 4 is 11.8 Å². The quantitative estimate of drug-likeness (QED) is 0.613. The number of unbranched alkanes of at least 4 members (excludes halogenated alkanes) is 1. The van der Waals surface area contributed by atoms with Crippen molar-refractivity contribution in [2.45, 2.75) is 45.4 Å². The molecule has 0 spiro atoms. The van der Waals surface area contributed by atoms with Crippen molar-refractivity contribution in [2.75, 3.05) is 13.1 Å². The molecule has 2 amide bonds. The van der Waals surface area contributed by atoms with E-state index in [1.54, 1.807) is 11.5 Å². The van der Waals surface area contributed by atoms with Gasteiger partial charge in [0.05, 0.1) is 0 Å². The molecule has 1 aliphatic heterocycles. The minimum absolute atomic E-state index is 0.0646. The monoisotopic (exact) mass is 380 g/mol. The van der Waals surface area contributed by atoms with Crippen LogP contribution in [0.15, 0.2) is 42.5 Å². The fourth-order valence-corrected chi connectivity index (χ4v) is 3.72. The van der Waals surface area contributed by atoms with Gasteiger partial charge in [-0.1, -0.05) is 31.5 Å². The summed E-state index contributed by atoms with van der Waals surface area (Å²) in [5.41, 5.74) is 6.39. The average Bonchev–Trinajstić information content (AvgIpc) is 2.72. The van der Waals surface area contributed by atoms with Crippen molar-refractivity contribution in [1.82, 2.24) is 10.4 Å². The first-order valence-electron chi connectivity index (χ1n) is 10.1. The zero-order chi connectivity index (χ0) is 19.9. The van der Waals surface area contributed by atoms with Crippen LogP contribution in [0.4, 0.5) is 0 Å². The van der Waals surface area contributed by atoms with Crippen LogP contribution in [0.3, 0.4) is 0 Å². The molecule has 0 atom stereocenters. The van der Waals surface area contributed by atoms with Gasteiger partial charge in [0, 0.05) is 24.2 Å². The van der Waals surface area contributed by atoms with E-state index in [9.17, 15) is 9.59 Å². The number of benzene rings is 2. The number of hydrogen-bond donors (Lipinski definition) is 2. The lowest BCUT2D eigenvalue weighted by molar-refractivity contribution is 0.0704. The molecule has 0 saturated heterocycles. The number of fused-ring (bicyclic) bond motifs is 1. The SMILES string of the molecule is CCCCc1ccc(C(=O)N2CCCc3ccc(C(=O)NO)cc3CC2)cc1. The molecule has 5 heteroatoms. The van der Waals surface area contributed by atoms with Gasteiger partial charge in [-0.25, -0.2) is 5.48 Å². The Morgan fingerprint density at radius 3 is 2.46 bits per heavy atom. The maximum atomic E-state index is 13.0. The number of hydroxylamine groups is 1. The van der Waals surface area contributed by atoms with E-state index in [-0.39, 0.29) is 5.91 Å². The normalized spacial score (nSPS) is 14.0. The van der Waals surface area contributed by atoms with Crippen LogP contribution in [0, 0.1) is 0 Å². The van der Waals surface area contributed by atoms with Crippen LogP contribution in [0.2, 0.25) is 0 Å². The maximum Gasteiger partial charge on any atom is 0.274 e. The topological polar surface area (TPSA) is 69.6 Å². The van der Waals surface area contributed by atoms with Crippen LogP contribution < -0.4 is 5.48 Å². The Bertz CT molecular complexity index is 830. The van der Waals surface area contributed by atoms with Gasteiger partial charge in [-0.2, -0.15) is 0 Å². The summed E-state index contributed by atoms with van der Waals surface area (Å²) in [7, 11) is 0. The van der Waals surface area contributed by atoms with Crippen molar-refractivity contribution in [3.05, 3.63) is 70.3 Å². The summed E-state index contributed by atoms with van der Waals surface area (Å²) in [4.78, 5) is 26.5. The Morgan fingerprint density at radius 2 is 1.75 bits per heavy atom. The highest BCUT2D eigenvalue weighted by Gasteiger charge is 2.19. The van der Waals surface area contributed by atoms with Gasteiger partial charge < -0.3 is 4.90 Å². The number of amides is 2. The van der Waals surface area contributed by atoms with Crippen LogP contribution in [-0.4, -0.2) is 35.0 Å². The van der Waals surface area contributed by atoms with E-state index in [0.29, 0.717) is 18.5 Å². The molecule has 1 heterocycles. The number of rotatable bonds is 5. The molecule has 28 heavy (non-hydrogen) atoms. The summed E-state index contributed by atoms with van der Waals surface area (Å²) in [6.45, 7) is 3.53. The van der Waals surface area contributed by atoms with E-state index >= 15 is 0 Å². The van der Waals surface area contributed by atoms with E-state index in [4.69, 9.17) is 5.21 Å². The molecule has 0 bridgehead atoms. The zero-order valence-electron chi connectivity index (χ0n) is 16.4. The Morgan fingerprint density at radius 1 is 1.00 bits per heavy atom. The minimum Gasteiger partial charge on any atom is -0.338 e. The van der Waals surface area contributed by atoms with Gasteiger partial charge in [-0.05, 0) is 73.1 Å². The predicted molar refractivity (Wildman–Crippen MR) is 109 cm³/mol. The summed E-state index contributed by atoms with van der Waals surface area (Å²) in [6, 6.07) is 13.5. The Labute approximate surface area is 166 Å². The first kappa shape index (κ1) is 20.1. The molecular weight excluding hydrogens is 352 g/mol. The molecule has 0 aromatic heterocycles. The zero-order valence-corrected chi connectivity index (χ0v) is 16.4. The number of carbonyl (C=O) groups is 2. The molecule has 0 radical (unpaired) electrons. The largest absolute Gasteiger partial charge is 0.338 e. The van der Waals surface area contributed by atoms with Crippen molar-refractivity contribution in [3.63, 3.8) is 0 Å². The summed E-state index contributed by atoms with van der Waals surface area (Å²) < 4.78 is 0. The Balaban J connectivity index is 1.70. The lowest BCUT2D eigenvalue weighted by Crippen LogP contribution is -2.35. The van der Waals surface area contributed by atoms with Crippen molar-refractivity contribution in [1.29, 1.82) is 0 Å². The third kappa shape index (κ3) is 4.78. The standard InChI is InChI=1S/C23H28N2O3/c1-2-3-5-17-7-9-19(10-8-17)23(27)25-14-4-6-18-11-12-21(22(26)24-28)16-20(18)13-15-25/h7-12,16,28H,2-6,13-15H2,1H3,(H,24,26). The summed E-state index contributed by atoms with van der Waals surface area (Å²) in [5, 5.41) is 8.85. The van der Waals surface area contributed by atoms with Crippen LogP contribution in [0.5, 0.6) is 0 Å². The van der Waals surface area contributed by atoms with E-state index in [2.05, 4.69) is 19.1 Å². The van der Waals surface area contributed by atoms with Gasteiger partial charge in [-0.15, -0.1) is 0 Å². The molecule has 0 unspecified atom stereocenters. The van der Waals surface area contributed by atoms with Crippen LogP contribution in [-0.2, 0) is 19.3 Å². The highest BCUT2D eigenvalue weighted by Crippen LogP contribution is 2.20. The molecule has 2 aromatic rings. The van der Waals surface area contributed by atoms with E-state index < -0.39 is 5.91 Å². The molecule has 0 aliphatic carbocycles. The van der Waals surface area contributed by atoms with Crippen molar-refractivity contribution in [3.8, 4) is 0 Å². The third-order valence-corrected chi connectivity index (χ3v) is 5.40. The Kier molecular flexibility index (Phi) is 6.82. The van der Waals surface area contributed by atoms with Gasteiger partial charge in [0.15, 0.2) is 0 Å². The van der Waals surface area contributed by atoms with Crippen molar-refractivity contribution < 1.29 is 14.8 Å². The molecule has 1 aliphatic rings. The van der Waals surface area contributed by atoms with E-state index in [1.807, 2.05) is 29.2 Å². The second kappa shape index (κ2) is 9.51. The number of aryl methyl sites for hydroxylation is 2. The minimum atomic E-state index is -0.513. The molecule has 0 fully saturated rings. The predicted octanol–water partition coefficient (Wildman–Crippen LogP) is 3.78. The van der Waals surface area contributed by atoms with Gasteiger partial charge in [0.1, 0.15) is 0 Å². The highest BCUT2D eigenvalue weighted by molar-refractivity contribution is 5.94. The molecule has 0 saturated carbocycles. The molecule has 2 N–H and O–H groups in total.